The molecular formula is C20H15ClF4N2O4. The molecule has 11 heteroatoms. The Hall–Kier alpha value is -3.11. The Labute approximate surface area is 177 Å². The molecular weight excluding hydrogens is 444 g/mol. The third kappa shape index (κ3) is 4.97. The summed E-state index contributed by atoms with van der Waals surface area (Å²) in [6, 6.07) is 11.1. The molecule has 164 valence electrons. The molecule has 0 spiro atoms. The quantitative estimate of drug-likeness (QED) is 0.319. The van der Waals surface area contributed by atoms with Crippen LogP contribution in [0.5, 0.6) is 5.75 Å². The molecule has 6 nitrogen and oxygen atoms in total. The van der Waals surface area contributed by atoms with Gasteiger partial charge in [0.05, 0.1) is 17.3 Å². The summed E-state index contributed by atoms with van der Waals surface area (Å²) in [5, 5.41) is -0.179. The molecule has 0 saturated carbocycles. The van der Waals surface area contributed by atoms with Gasteiger partial charge in [0.2, 0.25) is 0 Å². The van der Waals surface area contributed by atoms with E-state index in [9.17, 15) is 27.2 Å². The maximum Gasteiger partial charge on any atom is 0.431 e. The van der Waals surface area contributed by atoms with Crippen LogP contribution in [0.2, 0.25) is 5.02 Å². The van der Waals surface area contributed by atoms with Crippen molar-refractivity contribution in [3.8, 4) is 11.4 Å². The van der Waals surface area contributed by atoms with Crippen molar-refractivity contribution in [1.82, 2.24) is 9.13 Å². The molecule has 1 heterocycles. The van der Waals surface area contributed by atoms with Crippen LogP contribution in [-0.2, 0) is 24.6 Å². The van der Waals surface area contributed by atoms with E-state index >= 15 is 0 Å². The van der Waals surface area contributed by atoms with Gasteiger partial charge in [-0.15, -0.1) is 0 Å². The minimum atomic E-state index is -4.94. The number of hydrogen-bond donors (Lipinski definition) is 0. The highest BCUT2D eigenvalue weighted by Gasteiger charge is 2.35. The fraction of sp³-hybridized carbons (Fsp3) is 0.200. The van der Waals surface area contributed by atoms with Crippen LogP contribution in [0.25, 0.3) is 5.69 Å². The lowest BCUT2D eigenvalue weighted by Gasteiger charge is -2.15. The molecule has 0 unspecified atom stereocenters. The average Bonchev–Trinajstić information content (AvgIpc) is 2.70. The molecule has 3 rings (SSSR count). The first-order chi connectivity index (χ1) is 14.6. The molecule has 0 aliphatic carbocycles. The first-order valence-electron chi connectivity index (χ1n) is 8.73. The fourth-order valence-corrected chi connectivity index (χ4v) is 2.96. The highest BCUT2D eigenvalue weighted by Crippen LogP contribution is 2.30. The van der Waals surface area contributed by atoms with Gasteiger partial charge >= 0.3 is 11.9 Å². The molecule has 0 saturated heterocycles. The maximum absolute atomic E-state index is 14.5. The number of alkyl halides is 3. The summed E-state index contributed by atoms with van der Waals surface area (Å²) in [5.74, 6) is -1.22. The lowest BCUT2D eigenvalue weighted by atomic mass is 10.2. The van der Waals surface area contributed by atoms with E-state index in [1.165, 1.54) is 0 Å². The summed E-state index contributed by atoms with van der Waals surface area (Å²) in [6.45, 7) is -0.0783. The zero-order chi connectivity index (χ0) is 22.8. The van der Waals surface area contributed by atoms with Crippen molar-refractivity contribution >= 4 is 11.6 Å². The molecule has 0 radical (unpaired) electrons. The third-order valence-corrected chi connectivity index (χ3v) is 4.56. The SMILES string of the molecule is Cn1c(C(F)(F)F)cc(=O)n(-c2cc(OCOCc3ccccc3)c(Cl)cc2F)c1=O. The number of hydrogen-bond acceptors (Lipinski definition) is 4. The van der Waals surface area contributed by atoms with Crippen LogP contribution < -0.4 is 16.0 Å². The summed E-state index contributed by atoms with van der Waals surface area (Å²) in [4.78, 5) is 24.6. The normalized spacial score (nSPS) is 11.5. The monoisotopic (exact) mass is 458 g/mol. The van der Waals surface area contributed by atoms with Gasteiger partial charge in [-0.1, -0.05) is 41.9 Å². The fourth-order valence-electron chi connectivity index (χ4n) is 2.76. The van der Waals surface area contributed by atoms with Gasteiger partial charge < -0.3 is 9.47 Å². The van der Waals surface area contributed by atoms with Gasteiger partial charge in [0.1, 0.15) is 17.3 Å². The molecule has 0 aliphatic rings. The molecule has 0 aliphatic heterocycles. The van der Waals surface area contributed by atoms with Gasteiger partial charge in [0, 0.05) is 19.2 Å². The average molecular weight is 459 g/mol. The number of ether oxygens (including phenoxy) is 2. The van der Waals surface area contributed by atoms with Gasteiger partial charge in [-0.05, 0) is 11.6 Å². The second-order valence-electron chi connectivity index (χ2n) is 6.37. The van der Waals surface area contributed by atoms with E-state index in [1.807, 2.05) is 30.3 Å². The van der Waals surface area contributed by atoms with E-state index < -0.39 is 34.6 Å². The van der Waals surface area contributed by atoms with E-state index in [4.69, 9.17) is 21.1 Å². The van der Waals surface area contributed by atoms with Crippen molar-refractivity contribution in [2.75, 3.05) is 6.79 Å². The molecule has 31 heavy (non-hydrogen) atoms. The minimum absolute atomic E-state index is 0.125. The molecule has 3 aromatic rings. The van der Waals surface area contributed by atoms with E-state index in [0.29, 0.717) is 0 Å². The zero-order valence-electron chi connectivity index (χ0n) is 16.0. The second-order valence-corrected chi connectivity index (χ2v) is 6.78. The van der Waals surface area contributed by atoms with Gasteiger partial charge in [-0.25, -0.2) is 13.8 Å². The van der Waals surface area contributed by atoms with Gasteiger partial charge in [-0.2, -0.15) is 13.2 Å². The van der Waals surface area contributed by atoms with Crippen LogP contribution in [-0.4, -0.2) is 15.9 Å². The smallest absolute Gasteiger partial charge is 0.431 e. The van der Waals surface area contributed by atoms with Crippen LogP contribution in [0.15, 0.2) is 58.1 Å². The lowest BCUT2D eigenvalue weighted by Crippen LogP contribution is -2.41. The van der Waals surface area contributed by atoms with E-state index in [2.05, 4.69) is 0 Å². The highest BCUT2D eigenvalue weighted by atomic mass is 35.5. The Morgan fingerprint density at radius 1 is 1.06 bits per heavy atom. The number of nitrogens with zero attached hydrogens (tertiary/aromatic N) is 2. The maximum atomic E-state index is 14.5. The summed E-state index contributed by atoms with van der Waals surface area (Å²) in [7, 11) is 0.823. The molecule has 0 amide bonds. The highest BCUT2D eigenvalue weighted by molar-refractivity contribution is 6.32. The Balaban J connectivity index is 1.90. The third-order valence-electron chi connectivity index (χ3n) is 4.26. The summed E-state index contributed by atoms with van der Waals surface area (Å²) >= 11 is 5.94. The second kappa shape index (κ2) is 8.94. The predicted octanol–water partition coefficient (Wildman–Crippen LogP) is 3.90. The van der Waals surface area contributed by atoms with Crippen molar-refractivity contribution in [1.29, 1.82) is 0 Å². The topological polar surface area (TPSA) is 62.5 Å². The first kappa shape index (κ1) is 22.6. The van der Waals surface area contributed by atoms with Crippen molar-refractivity contribution in [3.63, 3.8) is 0 Å². The molecule has 0 bridgehead atoms. The van der Waals surface area contributed by atoms with Crippen LogP contribution in [0.4, 0.5) is 17.6 Å². The zero-order valence-corrected chi connectivity index (χ0v) is 16.7. The summed E-state index contributed by atoms with van der Waals surface area (Å²) in [5.41, 5.74) is -3.94. The summed E-state index contributed by atoms with van der Waals surface area (Å²) in [6.07, 6.45) is -4.94. The van der Waals surface area contributed by atoms with E-state index in [1.54, 1.807) is 0 Å². The van der Waals surface area contributed by atoms with Crippen LogP contribution >= 0.6 is 11.6 Å². The Morgan fingerprint density at radius 2 is 1.74 bits per heavy atom. The predicted molar refractivity (Wildman–Crippen MR) is 104 cm³/mol. The van der Waals surface area contributed by atoms with Crippen LogP contribution in [0, 0.1) is 5.82 Å². The van der Waals surface area contributed by atoms with E-state index in [0.717, 1.165) is 24.7 Å². The number of aromatic nitrogens is 2. The van der Waals surface area contributed by atoms with Crippen molar-refractivity contribution < 1.29 is 27.0 Å². The Bertz CT molecular complexity index is 1210. The molecule has 0 atom stereocenters. The van der Waals surface area contributed by atoms with E-state index in [-0.39, 0.29) is 39.4 Å². The first-order valence-corrected chi connectivity index (χ1v) is 9.11. The summed E-state index contributed by atoms with van der Waals surface area (Å²) < 4.78 is 64.6. The molecule has 2 aromatic carbocycles. The number of halogens is 5. The minimum Gasteiger partial charge on any atom is -0.466 e. The van der Waals surface area contributed by atoms with Crippen molar-refractivity contribution in [2.45, 2.75) is 12.8 Å². The Morgan fingerprint density at radius 3 is 2.39 bits per heavy atom. The molecule has 1 aromatic heterocycles. The standard InChI is InChI=1S/C20H15ClF4N2O4/c1-26-17(20(23,24)25)9-18(28)27(19(26)29)15-8-16(13(21)7-14(15)22)31-11-30-10-12-5-3-2-4-6-12/h2-9H,10-11H2,1H3. The number of benzene rings is 2. The molecule has 0 fully saturated rings. The van der Waals surface area contributed by atoms with Gasteiger partial charge in [0.25, 0.3) is 5.56 Å². The van der Waals surface area contributed by atoms with Crippen LogP contribution in [0.1, 0.15) is 11.3 Å². The lowest BCUT2D eigenvalue weighted by molar-refractivity contribution is -0.144. The number of rotatable bonds is 6. The largest absolute Gasteiger partial charge is 0.466 e. The van der Waals surface area contributed by atoms with Gasteiger partial charge in [0.15, 0.2) is 6.79 Å². The Kier molecular flexibility index (Phi) is 6.51. The van der Waals surface area contributed by atoms with Crippen LogP contribution in [0.3, 0.4) is 0 Å². The van der Waals surface area contributed by atoms with Crippen molar-refractivity contribution in [2.24, 2.45) is 7.05 Å². The van der Waals surface area contributed by atoms with Crippen molar-refractivity contribution in [3.05, 3.63) is 91.5 Å². The molecule has 0 N–H and O–H groups in total. The van der Waals surface area contributed by atoms with Gasteiger partial charge in [-0.3, -0.25) is 9.36 Å².